The molecule has 0 atom stereocenters. The van der Waals surface area contributed by atoms with E-state index in [-0.39, 0.29) is 19.4 Å². The maximum absolute atomic E-state index is 11.3. The molecule has 0 radical (unpaired) electrons. The summed E-state index contributed by atoms with van der Waals surface area (Å²) in [5, 5.41) is 0. The number of rotatable bonds is 16. The normalized spacial score (nSPS) is 11.4. The zero-order valence-electron chi connectivity index (χ0n) is 14.6. The highest BCUT2D eigenvalue weighted by Crippen LogP contribution is 2.11. The Morgan fingerprint density at radius 2 is 0.955 bits per heavy atom. The van der Waals surface area contributed by atoms with E-state index in [1.165, 1.54) is 44.9 Å². The van der Waals surface area contributed by atoms with E-state index in [0.29, 0.717) is 0 Å². The third kappa shape index (κ3) is 17.9. The van der Waals surface area contributed by atoms with Crippen molar-refractivity contribution in [3.05, 3.63) is 0 Å². The zero-order chi connectivity index (χ0) is 15.8. The van der Waals surface area contributed by atoms with E-state index in [4.69, 9.17) is 8.37 Å². The molecule has 0 spiro atoms. The minimum atomic E-state index is -3.76. The fraction of sp³-hybridized carbons (Fsp3) is 1.00. The highest BCUT2D eigenvalue weighted by Gasteiger charge is 2.10. The Kier molecular flexibility index (Phi) is 18.8. The average molecular weight is 340 g/mol. The third-order valence-electron chi connectivity index (χ3n) is 3.45. The van der Waals surface area contributed by atoms with Gasteiger partial charge in [-0.05, 0) is 12.8 Å². The summed E-state index contributed by atoms with van der Waals surface area (Å²) in [5.74, 6) is 0. The van der Waals surface area contributed by atoms with E-state index in [9.17, 15) is 8.42 Å². The molecule has 0 aliphatic heterocycles. The van der Waals surface area contributed by atoms with Crippen LogP contribution in [0.25, 0.3) is 0 Å². The van der Waals surface area contributed by atoms with E-state index < -0.39 is 10.4 Å². The van der Waals surface area contributed by atoms with Crippen molar-refractivity contribution in [2.75, 3.05) is 13.2 Å². The van der Waals surface area contributed by atoms with Gasteiger partial charge >= 0.3 is 10.4 Å². The van der Waals surface area contributed by atoms with Crippen LogP contribution in [0.1, 0.15) is 90.9 Å². The maximum atomic E-state index is 11.3. The molecule has 0 saturated carbocycles. The summed E-state index contributed by atoms with van der Waals surface area (Å²) in [6.45, 7) is 4.68. The van der Waals surface area contributed by atoms with Gasteiger partial charge in [0.2, 0.25) is 0 Å². The van der Waals surface area contributed by atoms with Gasteiger partial charge in [-0.3, -0.25) is 0 Å². The molecule has 0 aromatic heterocycles. The van der Waals surface area contributed by atoms with Gasteiger partial charge < -0.3 is 6.15 Å². The maximum Gasteiger partial charge on any atom is 0.399 e. The molecule has 0 heterocycles. The Labute approximate surface area is 138 Å². The van der Waals surface area contributed by atoms with Crippen LogP contribution in [0.3, 0.4) is 0 Å². The van der Waals surface area contributed by atoms with Gasteiger partial charge in [0, 0.05) is 0 Å². The van der Waals surface area contributed by atoms with E-state index in [1.54, 1.807) is 0 Å². The summed E-state index contributed by atoms with van der Waals surface area (Å²) < 4.78 is 32.2. The first-order valence-corrected chi connectivity index (χ1v) is 9.99. The minimum absolute atomic E-state index is 0. The molecule has 0 aromatic rings. The summed E-state index contributed by atoms with van der Waals surface area (Å²) >= 11 is 0. The van der Waals surface area contributed by atoms with E-state index >= 15 is 0 Å². The lowest BCUT2D eigenvalue weighted by Crippen LogP contribution is -2.11. The van der Waals surface area contributed by atoms with Crippen LogP contribution in [0.15, 0.2) is 0 Å². The highest BCUT2D eigenvalue weighted by molar-refractivity contribution is 7.81. The molecule has 0 aliphatic carbocycles. The molecule has 0 aliphatic rings. The molecule has 0 saturated heterocycles. The van der Waals surface area contributed by atoms with Gasteiger partial charge in [-0.1, -0.05) is 78.1 Å². The summed E-state index contributed by atoms with van der Waals surface area (Å²) in [6, 6.07) is 0. The molecule has 0 unspecified atom stereocenters. The SMILES string of the molecule is CCCCCCCCCCCCOS(=O)(=O)OCCCC.N. The Morgan fingerprint density at radius 1 is 0.591 bits per heavy atom. The van der Waals surface area contributed by atoms with Crippen LogP contribution in [-0.2, 0) is 18.8 Å². The summed E-state index contributed by atoms with van der Waals surface area (Å²) in [7, 11) is -3.76. The molecule has 22 heavy (non-hydrogen) atoms. The van der Waals surface area contributed by atoms with Crippen molar-refractivity contribution in [2.45, 2.75) is 90.9 Å². The Morgan fingerprint density at radius 3 is 1.41 bits per heavy atom. The first-order chi connectivity index (χ1) is 10.1. The smallest absolute Gasteiger partial charge is 0.344 e. The second kappa shape index (κ2) is 17.2. The number of hydrogen-bond acceptors (Lipinski definition) is 5. The molecule has 5 nitrogen and oxygen atoms in total. The quantitative estimate of drug-likeness (QED) is 0.393. The van der Waals surface area contributed by atoms with Crippen LogP contribution in [-0.4, -0.2) is 21.6 Å². The summed E-state index contributed by atoms with van der Waals surface area (Å²) in [5.41, 5.74) is 0. The minimum Gasteiger partial charge on any atom is -0.344 e. The lowest BCUT2D eigenvalue weighted by Gasteiger charge is -2.05. The van der Waals surface area contributed by atoms with Crippen LogP contribution in [0.5, 0.6) is 0 Å². The molecule has 0 amide bonds. The molecule has 0 bridgehead atoms. The molecule has 6 heteroatoms. The summed E-state index contributed by atoms with van der Waals surface area (Å²) in [4.78, 5) is 0. The van der Waals surface area contributed by atoms with Crippen molar-refractivity contribution < 1.29 is 16.8 Å². The van der Waals surface area contributed by atoms with Gasteiger partial charge in [-0.2, -0.15) is 8.42 Å². The van der Waals surface area contributed by atoms with Crippen molar-refractivity contribution in [3.63, 3.8) is 0 Å². The topological polar surface area (TPSA) is 87.6 Å². The molecule has 0 fully saturated rings. The molecular weight excluding hydrogens is 302 g/mol. The second-order valence-electron chi connectivity index (χ2n) is 5.59. The van der Waals surface area contributed by atoms with Crippen LogP contribution in [0, 0.1) is 0 Å². The molecule has 0 rings (SSSR count). The van der Waals surface area contributed by atoms with Crippen molar-refractivity contribution in [1.82, 2.24) is 6.15 Å². The zero-order valence-corrected chi connectivity index (χ0v) is 15.5. The van der Waals surface area contributed by atoms with Gasteiger partial charge in [0.25, 0.3) is 0 Å². The lowest BCUT2D eigenvalue weighted by atomic mass is 10.1. The van der Waals surface area contributed by atoms with Crippen LogP contribution >= 0.6 is 0 Å². The predicted molar refractivity (Wildman–Crippen MR) is 92.6 cm³/mol. The first-order valence-electron chi connectivity index (χ1n) is 8.66. The Hall–Kier alpha value is -0.170. The van der Waals surface area contributed by atoms with Gasteiger partial charge in [-0.15, -0.1) is 0 Å². The van der Waals surface area contributed by atoms with Crippen LogP contribution in [0.4, 0.5) is 0 Å². The van der Waals surface area contributed by atoms with E-state index in [2.05, 4.69) is 6.92 Å². The predicted octanol–water partition coefficient (Wildman–Crippen LogP) is 5.15. The number of unbranched alkanes of at least 4 members (excludes halogenated alkanes) is 10. The fourth-order valence-electron chi connectivity index (χ4n) is 2.09. The summed E-state index contributed by atoms with van der Waals surface area (Å²) in [6.07, 6.45) is 13.8. The average Bonchev–Trinajstić information content (AvgIpc) is 2.45. The van der Waals surface area contributed by atoms with E-state index in [1.807, 2.05) is 6.92 Å². The standard InChI is InChI=1S/C16H34O4S.H3N/c1-3-5-7-8-9-10-11-12-13-14-16-20-21(17,18)19-15-6-4-2;/h3-16H2,1-2H3;1H3. The monoisotopic (exact) mass is 339 g/mol. The molecular formula is C16H37NO4S. The molecule has 3 N–H and O–H groups in total. The van der Waals surface area contributed by atoms with Gasteiger partial charge in [0.05, 0.1) is 13.2 Å². The third-order valence-corrected chi connectivity index (χ3v) is 4.36. The van der Waals surface area contributed by atoms with Crippen molar-refractivity contribution in [3.8, 4) is 0 Å². The van der Waals surface area contributed by atoms with Gasteiger partial charge in [0.15, 0.2) is 0 Å². The van der Waals surface area contributed by atoms with Gasteiger partial charge in [-0.25, -0.2) is 8.37 Å². The number of hydrogen-bond donors (Lipinski definition) is 1. The van der Waals surface area contributed by atoms with Crippen LogP contribution in [0.2, 0.25) is 0 Å². The molecule has 136 valence electrons. The lowest BCUT2D eigenvalue weighted by molar-refractivity contribution is 0.209. The van der Waals surface area contributed by atoms with Crippen molar-refractivity contribution in [2.24, 2.45) is 0 Å². The fourth-order valence-corrected chi connectivity index (χ4v) is 2.80. The first kappa shape index (κ1) is 24.1. The molecule has 0 aromatic carbocycles. The van der Waals surface area contributed by atoms with Crippen molar-refractivity contribution in [1.29, 1.82) is 0 Å². The van der Waals surface area contributed by atoms with Crippen molar-refractivity contribution >= 4 is 10.4 Å². The Balaban J connectivity index is 0. The van der Waals surface area contributed by atoms with Crippen LogP contribution < -0.4 is 6.15 Å². The second-order valence-corrected chi connectivity index (χ2v) is 6.88. The van der Waals surface area contributed by atoms with Gasteiger partial charge in [0.1, 0.15) is 0 Å². The van der Waals surface area contributed by atoms with E-state index in [0.717, 1.165) is 32.1 Å². The largest absolute Gasteiger partial charge is 0.399 e. The highest BCUT2D eigenvalue weighted by atomic mass is 32.3. The Bertz CT molecular complexity index is 307.